The van der Waals surface area contributed by atoms with Crippen molar-refractivity contribution in [2.45, 2.75) is 31.7 Å². The number of sulfonamides is 1. The van der Waals surface area contributed by atoms with Crippen molar-refractivity contribution in [1.82, 2.24) is 20.3 Å². The molecule has 2 aliphatic rings. The molecule has 2 fully saturated rings. The van der Waals surface area contributed by atoms with E-state index in [9.17, 15) is 22.8 Å². The highest BCUT2D eigenvalue weighted by atomic mass is 32.2. The van der Waals surface area contributed by atoms with Crippen LogP contribution in [0.1, 0.15) is 26.2 Å². The number of nitrogens with one attached hydrogen (secondary N) is 3. The van der Waals surface area contributed by atoms with E-state index in [-0.39, 0.29) is 24.3 Å². The topological polar surface area (TPSA) is 125 Å². The van der Waals surface area contributed by atoms with Gasteiger partial charge in [-0.05, 0) is 25.2 Å². The van der Waals surface area contributed by atoms with Gasteiger partial charge in [-0.15, -0.1) is 0 Å². The van der Waals surface area contributed by atoms with Crippen LogP contribution < -0.4 is 15.4 Å². The van der Waals surface area contributed by atoms with Gasteiger partial charge < -0.3 is 10.2 Å². The number of piperidine rings is 1. The number of imide groups is 1. The molecule has 0 saturated carbocycles. The molecule has 0 aromatic rings. The quantitative estimate of drug-likeness (QED) is 0.537. The fourth-order valence-corrected chi connectivity index (χ4v) is 3.64. The van der Waals surface area contributed by atoms with E-state index in [0.29, 0.717) is 32.4 Å². The Morgan fingerprint density at radius 1 is 1.35 bits per heavy atom. The summed E-state index contributed by atoms with van der Waals surface area (Å²) in [5.74, 6) is -0.654. The summed E-state index contributed by atoms with van der Waals surface area (Å²) in [4.78, 5) is 37.1. The van der Waals surface area contributed by atoms with Crippen LogP contribution in [-0.2, 0) is 19.6 Å². The predicted octanol–water partition coefficient (Wildman–Crippen LogP) is -1.24. The van der Waals surface area contributed by atoms with Gasteiger partial charge in [0.25, 0.3) is 5.91 Å². The molecule has 2 saturated heterocycles. The van der Waals surface area contributed by atoms with Gasteiger partial charge in [-0.1, -0.05) is 6.92 Å². The lowest BCUT2D eigenvalue weighted by atomic mass is 9.76. The van der Waals surface area contributed by atoms with E-state index in [4.69, 9.17) is 0 Å². The van der Waals surface area contributed by atoms with Crippen molar-refractivity contribution in [3.05, 3.63) is 0 Å². The third-order valence-corrected chi connectivity index (χ3v) is 5.23. The summed E-state index contributed by atoms with van der Waals surface area (Å²) >= 11 is 0. The molecular formula is C13H22N4O5S. The second-order valence-electron chi connectivity index (χ2n) is 5.98. The summed E-state index contributed by atoms with van der Waals surface area (Å²) in [5, 5.41) is 5.01. The summed E-state index contributed by atoms with van der Waals surface area (Å²) in [5.41, 5.74) is -0.906. The van der Waals surface area contributed by atoms with Crippen molar-refractivity contribution in [3.8, 4) is 0 Å². The van der Waals surface area contributed by atoms with Gasteiger partial charge >= 0.3 is 6.03 Å². The normalized spacial score (nSPS) is 26.1. The zero-order chi connectivity index (χ0) is 17.3. The summed E-state index contributed by atoms with van der Waals surface area (Å²) in [7, 11) is -3.41. The van der Waals surface area contributed by atoms with Crippen LogP contribution in [0.2, 0.25) is 0 Å². The highest BCUT2D eigenvalue weighted by Gasteiger charge is 2.51. The standard InChI is InChI=1S/C13H22N4O5S/c1-3-13(11(19)15-12(20)16-13)9-4-6-17(7-5-9)10(18)8-14-23(2,21)22/h9,14H,3-8H2,1-2H3,(H2,15,16,19,20)/t13-/m0/s1. The van der Waals surface area contributed by atoms with Crippen LogP contribution in [0.3, 0.4) is 0 Å². The Labute approximate surface area is 135 Å². The highest BCUT2D eigenvalue weighted by molar-refractivity contribution is 7.88. The number of carbonyl (C=O) groups excluding carboxylic acids is 3. The van der Waals surface area contributed by atoms with E-state index >= 15 is 0 Å². The van der Waals surface area contributed by atoms with Gasteiger partial charge in [-0.2, -0.15) is 0 Å². The molecule has 0 bridgehead atoms. The van der Waals surface area contributed by atoms with E-state index in [2.05, 4.69) is 15.4 Å². The van der Waals surface area contributed by atoms with Crippen LogP contribution in [0.15, 0.2) is 0 Å². The van der Waals surface area contributed by atoms with Crippen molar-refractivity contribution in [2.75, 3.05) is 25.9 Å². The first-order valence-electron chi connectivity index (χ1n) is 7.54. The summed E-state index contributed by atoms with van der Waals surface area (Å²) in [6.45, 7) is 2.44. The first-order valence-corrected chi connectivity index (χ1v) is 9.43. The molecule has 0 aromatic heterocycles. The van der Waals surface area contributed by atoms with E-state index in [0.717, 1.165) is 6.26 Å². The first-order chi connectivity index (χ1) is 10.7. The maximum Gasteiger partial charge on any atom is 0.322 e. The van der Waals surface area contributed by atoms with Gasteiger partial charge in [0.05, 0.1) is 12.8 Å². The van der Waals surface area contributed by atoms with Gasteiger partial charge in [-0.3, -0.25) is 14.9 Å². The van der Waals surface area contributed by atoms with Gasteiger partial charge in [0.2, 0.25) is 15.9 Å². The van der Waals surface area contributed by atoms with Crippen LogP contribution in [0, 0.1) is 5.92 Å². The molecule has 0 aromatic carbocycles. The maximum atomic E-state index is 12.1. The van der Waals surface area contributed by atoms with Crippen molar-refractivity contribution >= 4 is 27.9 Å². The molecule has 2 heterocycles. The molecule has 0 unspecified atom stereocenters. The number of likely N-dealkylation sites (tertiary alicyclic amines) is 1. The molecule has 0 radical (unpaired) electrons. The number of carbonyl (C=O) groups is 3. The third kappa shape index (κ3) is 3.81. The average molecular weight is 346 g/mol. The molecule has 10 heteroatoms. The fraction of sp³-hybridized carbons (Fsp3) is 0.769. The van der Waals surface area contributed by atoms with Crippen LogP contribution in [0.4, 0.5) is 4.79 Å². The van der Waals surface area contributed by atoms with E-state index in [1.807, 2.05) is 6.92 Å². The molecule has 0 spiro atoms. The van der Waals surface area contributed by atoms with Crippen LogP contribution >= 0.6 is 0 Å². The van der Waals surface area contributed by atoms with E-state index < -0.39 is 21.6 Å². The number of amides is 4. The monoisotopic (exact) mass is 346 g/mol. The molecule has 130 valence electrons. The Morgan fingerprint density at radius 3 is 2.39 bits per heavy atom. The Bertz CT molecular complexity index is 612. The Morgan fingerprint density at radius 2 is 1.96 bits per heavy atom. The number of nitrogens with zero attached hydrogens (tertiary/aromatic N) is 1. The van der Waals surface area contributed by atoms with E-state index in [1.54, 1.807) is 4.90 Å². The minimum atomic E-state index is -3.41. The molecule has 2 aliphatic heterocycles. The largest absolute Gasteiger partial charge is 0.342 e. The summed E-state index contributed by atoms with van der Waals surface area (Å²) in [6.07, 6.45) is 2.63. The molecule has 1 atom stereocenters. The zero-order valence-corrected chi connectivity index (χ0v) is 14.0. The molecule has 3 N–H and O–H groups in total. The van der Waals surface area contributed by atoms with Gasteiger partial charge in [0, 0.05) is 13.1 Å². The van der Waals surface area contributed by atoms with Gasteiger partial charge in [0.15, 0.2) is 0 Å². The minimum absolute atomic E-state index is 0.0501. The van der Waals surface area contributed by atoms with Crippen molar-refractivity contribution in [1.29, 1.82) is 0 Å². The number of rotatable bonds is 5. The second-order valence-corrected chi connectivity index (χ2v) is 7.81. The molecule has 9 nitrogen and oxygen atoms in total. The molecular weight excluding hydrogens is 324 g/mol. The smallest absolute Gasteiger partial charge is 0.322 e. The van der Waals surface area contributed by atoms with Crippen LogP contribution in [0.25, 0.3) is 0 Å². The Balaban J connectivity index is 1.94. The van der Waals surface area contributed by atoms with Crippen LogP contribution in [0.5, 0.6) is 0 Å². The maximum absolute atomic E-state index is 12.1. The third-order valence-electron chi connectivity index (χ3n) is 4.56. The molecule has 0 aliphatic carbocycles. The highest BCUT2D eigenvalue weighted by Crippen LogP contribution is 2.33. The Hall–Kier alpha value is -1.68. The lowest BCUT2D eigenvalue weighted by Gasteiger charge is -2.40. The number of hydrogen-bond donors (Lipinski definition) is 3. The molecule has 23 heavy (non-hydrogen) atoms. The number of urea groups is 1. The van der Waals surface area contributed by atoms with Crippen molar-refractivity contribution in [3.63, 3.8) is 0 Å². The SMILES string of the molecule is CC[C@@]1(C2CCN(C(=O)CNS(C)(=O)=O)CC2)NC(=O)NC1=O. The molecule has 4 amide bonds. The minimum Gasteiger partial charge on any atom is -0.342 e. The Kier molecular flexibility index (Phi) is 4.95. The van der Waals surface area contributed by atoms with Crippen molar-refractivity contribution < 1.29 is 22.8 Å². The average Bonchev–Trinajstić information content (AvgIpc) is 2.79. The predicted molar refractivity (Wildman–Crippen MR) is 81.8 cm³/mol. The lowest BCUT2D eigenvalue weighted by Crippen LogP contribution is -2.56. The zero-order valence-electron chi connectivity index (χ0n) is 13.2. The first kappa shape index (κ1) is 17.7. The van der Waals surface area contributed by atoms with Gasteiger partial charge in [-0.25, -0.2) is 17.9 Å². The van der Waals surface area contributed by atoms with Crippen molar-refractivity contribution in [2.24, 2.45) is 5.92 Å². The molecule has 2 rings (SSSR count). The fourth-order valence-electron chi connectivity index (χ4n) is 3.26. The van der Waals surface area contributed by atoms with Gasteiger partial charge in [0.1, 0.15) is 5.54 Å². The van der Waals surface area contributed by atoms with E-state index in [1.165, 1.54) is 0 Å². The number of hydrogen-bond acceptors (Lipinski definition) is 5. The summed E-state index contributed by atoms with van der Waals surface area (Å²) < 4.78 is 24.2. The lowest BCUT2D eigenvalue weighted by molar-refractivity contribution is -0.132. The summed E-state index contributed by atoms with van der Waals surface area (Å²) in [6, 6.07) is -0.479. The van der Waals surface area contributed by atoms with Crippen LogP contribution in [-0.4, -0.2) is 62.6 Å². The second kappa shape index (κ2) is 6.44.